The summed E-state index contributed by atoms with van der Waals surface area (Å²) in [5.41, 5.74) is 1.26. The number of halogens is 1. The van der Waals surface area contributed by atoms with Crippen LogP contribution < -0.4 is 0 Å². The zero-order valence-corrected chi connectivity index (χ0v) is 12.7. The number of hydrogen-bond acceptors (Lipinski definition) is 2. The Kier molecular flexibility index (Phi) is 3.54. The minimum absolute atomic E-state index is 0.241. The van der Waals surface area contributed by atoms with E-state index in [1.165, 1.54) is 4.90 Å². The summed E-state index contributed by atoms with van der Waals surface area (Å²) in [7, 11) is 0. The molecule has 0 fully saturated rings. The average Bonchev–Trinajstić information content (AvgIpc) is 2.65. The summed E-state index contributed by atoms with van der Waals surface area (Å²) in [6.07, 6.45) is -0.950. The van der Waals surface area contributed by atoms with Gasteiger partial charge >= 0.3 is 6.09 Å². The molecule has 19 heavy (non-hydrogen) atoms. The molecular formula is C13H16BrN3O2. The molecule has 2 aromatic rings. The summed E-state index contributed by atoms with van der Waals surface area (Å²) in [6.45, 7) is 5.83. The average molecular weight is 326 g/mol. The number of aromatic nitrogens is 2. The lowest BCUT2D eigenvalue weighted by Crippen LogP contribution is -2.44. The molecule has 0 bridgehead atoms. The molecular weight excluding hydrogens is 310 g/mol. The van der Waals surface area contributed by atoms with Gasteiger partial charge in [0.05, 0.1) is 17.6 Å². The van der Waals surface area contributed by atoms with Crippen LogP contribution in [0.4, 0.5) is 4.79 Å². The van der Waals surface area contributed by atoms with Crippen molar-refractivity contribution in [3.8, 4) is 0 Å². The molecule has 0 spiro atoms. The van der Waals surface area contributed by atoms with E-state index >= 15 is 0 Å². The first kappa shape index (κ1) is 13.9. The smallest absolute Gasteiger partial charge is 0.408 e. The van der Waals surface area contributed by atoms with Crippen molar-refractivity contribution in [2.75, 3.05) is 0 Å². The normalized spacial score (nSPS) is 11.8. The van der Waals surface area contributed by atoms with Crippen molar-refractivity contribution in [2.24, 2.45) is 0 Å². The van der Waals surface area contributed by atoms with Crippen molar-refractivity contribution in [3.63, 3.8) is 0 Å². The number of amides is 1. The van der Waals surface area contributed by atoms with E-state index in [1.54, 1.807) is 0 Å². The van der Waals surface area contributed by atoms with E-state index in [9.17, 15) is 9.90 Å². The first-order valence-corrected chi connectivity index (χ1v) is 6.71. The molecule has 0 saturated heterocycles. The third-order valence-corrected chi connectivity index (χ3v) is 3.33. The number of rotatable bonds is 2. The number of carbonyl (C=O) groups is 1. The second-order valence-corrected chi connectivity index (χ2v) is 6.30. The van der Waals surface area contributed by atoms with Gasteiger partial charge in [-0.1, -0.05) is 15.9 Å². The van der Waals surface area contributed by atoms with E-state index < -0.39 is 11.6 Å². The van der Waals surface area contributed by atoms with E-state index in [0.717, 1.165) is 15.5 Å². The molecule has 5 nitrogen and oxygen atoms in total. The molecule has 2 N–H and O–H groups in total. The first-order valence-electron chi connectivity index (χ1n) is 5.92. The fraction of sp³-hybridized carbons (Fsp3) is 0.385. The van der Waals surface area contributed by atoms with Gasteiger partial charge in [-0.25, -0.2) is 9.78 Å². The van der Waals surface area contributed by atoms with Crippen molar-refractivity contribution >= 4 is 33.1 Å². The van der Waals surface area contributed by atoms with E-state index in [2.05, 4.69) is 25.9 Å². The SMILES string of the molecule is CC(C)(C)N(Cc1nc2ccc(Br)cc2[nH]1)C(=O)O. The molecule has 1 heterocycles. The molecule has 0 radical (unpaired) electrons. The lowest BCUT2D eigenvalue weighted by atomic mass is 10.1. The molecule has 0 aliphatic carbocycles. The second-order valence-electron chi connectivity index (χ2n) is 5.38. The van der Waals surface area contributed by atoms with Crippen molar-refractivity contribution in [1.29, 1.82) is 0 Å². The third kappa shape index (κ3) is 3.07. The summed E-state index contributed by atoms with van der Waals surface area (Å²) in [5, 5.41) is 9.27. The van der Waals surface area contributed by atoms with Crippen molar-refractivity contribution < 1.29 is 9.90 Å². The third-order valence-electron chi connectivity index (χ3n) is 2.84. The van der Waals surface area contributed by atoms with Crippen LogP contribution in [0.15, 0.2) is 22.7 Å². The molecule has 0 atom stereocenters. The summed E-state index contributed by atoms with van der Waals surface area (Å²) in [4.78, 5) is 20.2. The number of aromatic amines is 1. The Bertz CT molecular complexity index is 616. The van der Waals surface area contributed by atoms with Crippen LogP contribution in [0.3, 0.4) is 0 Å². The summed E-state index contributed by atoms with van der Waals surface area (Å²) >= 11 is 3.40. The minimum atomic E-state index is -0.950. The topological polar surface area (TPSA) is 69.2 Å². The minimum Gasteiger partial charge on any atom is -0.465 e. The number of H-pyrrole nitrogens is 1. The van der Waals surface area contributed by atoms with E-state index in [0.29, 0.717) is 5.82 Å². The van der Waals surface area contributed by atoms with Crippen LogP contribution in [0.2, 0.25) is 0 Å². The van der Waals surface area contributed by atoms with Crippen LogP contribution in [0.5, 0.6) is 0 Å². The number of hydrogen-bond donors (Lipinski definition) is 2. The molecule has 6 heteroatoms. The van der Waals surface area contributed by atoms with Gasteiger partial charge < -0.3 is 10.1 Å². The number of nitrogens with zero attached hydrogens (tertiary/aromatic N) is 2. The van der Waals surface area contributed by atoms with Crippen LogP contribution in [-0.2, 0) is 6.54 Å². The Morgan fingerprint density at radius 1 is 1.47 bits per heavy atom. The van der Waals surface area contributed by atoms with Gasteiger partial charge in [-0.2, -0.15) is 0 Å². The largest absolute Gasteiger partial charge is 0.465 e. The highest BCUT2D eigenvalue weighted by atomic mass is 79.9. The van der Waals surface area contributed by atoms with Crippen molar-refractivity contribution in [2.45, 2.75) is 32.9 Å². The summed E-state index contributed by atoms with van der Waals surface area (Å²) in [6, 6.07) is 5.72. The maximum Gasteiger partial charge on any atom is 0.408 e. The van der Waals surface area contributed by atoms with Gasteiger partial charge in [0.1, 0.15) is 5.82 Å². The Labute approximate surface area is 119 Å². The van der Waals surface area contributed by atoms with Gasteiger partial charge in [0.15, 0.2) is 0 Å². The maximum absolute atomic E-state index is 11.3. The molecule has 0 aliphatic rings. The molecule has 2 rings (SSSR count). The second kappa shape index (κ2) is 4.85. The first-order chi connectivity index (χ1) is 8.77. The quantitative estimate of drug-likeness (QED) is 0.886. The predicted octanol–water partition coefficient (Wildman–Crippen LogP) is 3.60. The van der Waals surface area contributed by atoms with Gasteiger partial charge in [0.25, 0.3) is 0 Å². The Morgan fingerprint density at radius 3 is 2.74 bits per heavy atom. The molecule has 1 aromatic carbocycles. The standard InChI is InChI=1S/C13H16BrN3O2/c1-13(2,3)17(12(18)19)7-11-15-9-5-4-8(14)6-10(9)16-11/h4-6H,7H2,1-3H3,(H,15,16)(H,18,19). The number of benzene rings is 1. The lowest BCUT2D eigenvalue weighted by Gasteiger charge is -2.32. The van der Waals surface area contributed by atoms with Crippen LogP contribution >= 0.6 is 15.9 Å². The van der Waals surface area contributed by atoms with Crippen LogP contribution in [0.1, 0.15) is 26.6 Å². The fourth-order valence-corrected chi connectivity index (χ4v) is 2.21. The lowest BCUT2D eigenvalue weighted by molar-refractivity contribution is 0.0940. The van der Waals surface area contributed by atoms with Crippen LogP contribution in [0, 0.1) is 0 Å². The van der Waals surface area contributed by atoms with Gasteiger partial charge in [0, 0.05) is 10.0 Å². The van der Waals surface area contributed by atoms with Crippen LogP contribution in [-0.4, -0.2) is 31.6 Å². The summed E-state index contributed by atoms with van der Waals surface area (Å²) < 4.78 is 0.959. The molecule has 0 aliphatic heterocycles. The maximum atomic E-state index is 11.3. The summed E-state index contributed by atoms with van der Waals surface area (Å²) in [5.74, 6) is 0.644. The van der Waals surface area contributed by atoms with Crippen LogP contribution in [0.25, 0.3) is 11.0 Å². The molecule has 0 saturated carbocycles. The number of carboxylic acid groups (broad SMARTS) is 1. The zero-order valence-electron chi connectivity index (χ0n) is 11.1. The monoisotopic (exact) mass is 325 g/mol. The Balaban J connectivity index is 2.32. The van der Waals surface area contributed by atoms with E-state index in [-0.39, 0.29) is 6.54 Å². The molecule has 1 aromatic heterocycles. The number of nitrogens with one attached hydrogen (secondary N) is 1. The number of imidazole rings is 1. The fourth-order valence-electron chi connectivity index (χ4n) is 1.85. The number of fused-ring (bicyclic) bond motifs is 1. The van der Waals surface area contributed by atoms with Crippen molar-refractivity contribution in [1.82, 2.24) is 14.9 Å². The van der Waals surface area contributed by atoms with E-state index in [4.69, 9.17) is 0 Å². The van der Waals surface area contributed by atoms with Gasteiger partial charge in [-0.3, -0.25) is 4.90 Å². The predicted molar refractivity (Wildman–Crippen MR) is 77.1 cm³/mol. The highest BCUT2D eigenvalue weighted by molar-refractivity contribution is 9.10. The molecule has 0 unspecified atom stereocenters. The Morgan fingerprint density at radius 2 is 2.16 bits per heavy atom. The van der Waals surface area contributed by atoms with E-state index in [1.807, 2.05) is 39.0 Å². The van der Waals surface area contributed by atoms with Gasteiger partial charge in [-0.15, -0.1) is 0 Å². The van der Waals surface area contributed by atoms with Gasteiger partial charge in [-0.05, 0) is 39.0 Å². The molecule has 1 amide bonds. The molecule has 102 valence electrons. The van der Waals surface area contributed by atoms with Gasteiger partial charge in [0.2, 0.25) is 0 Å². The Hall–Kier alpha value is -1.56. The highest BCUT2D eigenvalue weighted by Crippen LogP contribution is 2.20. The zero-order chi connectivity index (χ0) is 14.2. The van der Waals surface area contributed by atoms with Crippen molar-refractivity contribution in [3.05, 3.63) is 28.5 Å². The highest BCUT2D eigenvalue weighted by Gasteiger charge is 2.27.